The second kappa shape index (κ2) is 10.8. The first-order valence-electron chi connectivity index (χ1n) is 11.6. The molecule has 2 aromatic rings. The zero-order valence-corrected chi connectivity index (χ0v) is 20.1. The maximum absolute atomic E-state index is 12.4. The van der Waals surface area contributed by atoms with Gasteiger partial charge in [0.1, 0.15) is 28.2 Å². The van der Waals surface area contributed by atoms with Crippen LogP contribution < -0.4 is 21.7 Å². The number of nitrogens with one attached hydrogen (secondary N) is 1. The van der Waals surface area contributed by atoms with Crippen molar-refractivity contribution < 1.29 is 9.59 Å². The summed E-state index contributed by atoms with van der Waals surface area (Å²) >= 11 is 1.16. The number of anilines is 1. The zero-order valence-electron chi connectivity index (χ0n) is 19.2. The molecule has 1 aromatic carbocycles. The van der Waals surface area contributed by atoms with Gasteiger partial charge in [-0.25, -0.2) is 4.98 Å². The van der Waals surface area contributed by atoms with Crippen LogP contribution in [0.4, 0.5) is 5.82 Å². The molecule has 0 spiro atoms. The lowest BCUT2D eigenvalue weighted by atomic mass is 9.98. The minimum Gasteiger partial charge on any atom is -0.369 e. The van der Waals surface area contributed by atoms with E-state index in [9.17, 15) is 20.1 Å². The number of piperidine rings is 1. The van der Waals surface area contributed by atoms with Gasteiger partial charge in [0, 0.05) is 19.1 Å². The molecule has 35 heavy (non-hydrogen) atoms. The highest BCUT2D eigenvalue weighted by Crippen LogP contribution is 2.48. The number of amides is 2. The number of carbonyl (C=O) groups excluding carboxylic acids is 2. The van der Waals surface area contributed by atoms with Crippen LogP contribution in [-0.4, -0.2) is 42.5 Å². The average Bonchev–Trinajstić information content (AvgIpc) is 3.71. The normalized spacial score (nSPS) is 16.8. The van der Waals surface area contributed by atoms with Gasteiger partial charge in [-0.3, -0.25) is 9.59 Å². The molecular formula is C25H27N7O2S. The van der Waals surface area contributed by atoms with Gasteiger partial charge in [-0.15, -0.1) is 0 Å². The topological polar surface area (TPSA) is 162 Å². The van der Waals surface area contributed by atoms with Crippen LogP contribution in [0, 0.1) is 22.7 Å². The van der Waals surface area contributed by atoms with Crippen LogP contribution in [0.5, 0.6) is 0 Å². The van der Waals surface area contributed by atoms with Gasteiger partial charge in [0.25, 0.3) is 0 Å². The Labute approximate surface area is 208 Å². The van der Waals surface area contributed by atoms with Crippen LogP contribution in [0.2, 0.25) is 0 Å². The van der Waals surface area contributed by atoms with Crippen LogP contribution >= 0.6 is 11.8 Å². The summed E-state index contributed by atoms with van der Waals surface area (Å²) in [6.45, 7) is 1.40. The van der Waals surface area contributed by atoms with Crippen LogP contribution in [-0.2, 0) is 9.59 Å². The second-order valence-electron chi connectivity index (χ2n) is 8.82. The first-order valence-corrected chi connectivity index (χ1v) is 12.5. The molecule has 2 fully saturated rings. The van der Waals surface area contributed by atoms with E-state index in [1.807, 2.05) is 30.3 Å². The molecule has 10 heteroatoms. The summed E-state index contributed by atoms with van der Waals surface area (Å²) in [7, 11) is 0. The molecule has 4 rings (SSSR count). The van der Waals surface area contributed by atoms with Crippen LogP contribution in [0.3, 0.4) is 0 Å². The molecule has 2 aliphatic rings. The number of primary amides is 2. The smallest absolute Gasteiger partial charge is 0.235 e. The second-order valence-corrected chi connectivity index (χ2v) is 9.92. The summed E-state index contributed by atoms with van der Waals surface area (Å²) in [5.74, 6) is -0.238. The lowest BCUT2D eigenvalue weighted by Gasteiger charge is -2.34. The largest absolute Gasteiger partial charge is 0.369 e. The van der Waals surface area contributed by atoms with Gasteiger partial charge >= 0.3 is 0 Å². The predicted octanol–water partition coefficient (Wildman–Crippen LogP) is 2.06. The molecular weight excluding hydrogens is 462 g/mol. The minimum atomic E-state index is -0.715. The van der Waals surface area contributed by atoms with Crippen molar-refractivity contribution in [2.75, 3.05) is 24.5 Å². The highest BCUT2D eigenvalue weighted by atomic mass is 32.2. The number of hydrogen-bond donors (Lipinski definition) is 3. The van der Waals surface area contributed by atoms with E-state index in [4.69, 9.17) is 16.5 Å². The Morgan fingerprint density at radius 2 is 1.74 bits per heavy atom. The Morgan fingerprint density at radius 3 is 2.29 bits per heavy atom. The van der Waals surface area contributed by atoms with Crippen molar-refractivity contribution in [2.45, 2.75) is 47.9 Å². The summed E-state index contributed by atoms with van der Waals surface area (Å²) in [5.41, 5.74) is 13.2. The van der Waals surface area contributed by atoms with Crippen molar-refractivity contribution in [3.8, 4) is 12.1 Å². The Bertz CT molecular complexity index is 1190. The summed E-state index contributed by atoms with van der Waals surface area (Å²) in [6.07, 6.45) is 3.34. The number of carbonyl (C=O) groups is 2. The molecule has 9 nitrogen and oxygen atoms in total. The van der Waals surface area contributed by atoms with Gasteiger partial charge < -0.3 is 21.7 Å². The molecule has 1 aliphatic heterocycles. The maximum atomic E-state index is 12.4. The van der Waals surface area contributed by atoms with E-state index < -0.39 is 17.1 Å². The Kier molecular flexibility index (Phi) is 7.54. The van der Waals surface area contributed by atoms with Crippen LogP contribution in [0.25, 0.3) is 0 Å². The number of hydrogen-bond acceptors (Lipinski definition) is 8. The fourth-order valence-corrected chi connectivity index (χ4v) is 5.50. The van der Waals surface area contributed by atoms with Crippen molar-refractivity contribution in [1.29, 1.82) is 10.5 Å². The molecule has 1 atom stereocenters. The predicted molar refractivity (Wildman–Crippen MR) is 132 cm³/mol. The number of rotatable bonds is 9. The molecule has 1 saturated heterocycles. The molecule has 180 valence electrons. The molecule has 2 amide bonds. The summed E-state index contributed by atoms with van der Waals surface area (Å²) in [4.78, 5) is 30.3. The maximum Gasteiger partial charge on any atom is 0.235 e. The third-order valence-corrected chi connectivity index (χ3v) is 7.60. The summed E-state index contributed by atoms with van der Waals surface area (Å²) in [6, 6.07) is 13.9. The lowest BCUT2D eigenvalue weighted by Crippen LogP contribution is -2.45. The van der Waals surface area contributed by atoms with Crippen LogP contribution in [0.1, 0.15) is 59.1 Å². The highest BCUT2D eigenvalue weighted by molar-refractivity contribution is 8.00. The van der Waals surface area contributed by atoms with Gasteiger partial charge in [0.2, 0.25) is 11.8 Å². The van der Waals surface area contributed by atoms with Crippen molar-refractivity contribution >= 4 is 29.4 Å². The van der Waals surface area contributed by atoms with Gasteiger partial charge in [-0.05, 0) is 42.7 Å². The first-order chi connectivity index (χ1) is 16.9. The number of nitriles is 2. The highest BCUT2D eigenvalue weighted by Gasteiger charge is 2.35. The van der Waals surface area contributed by atoms with E-state index in [-0.39, 0.29) is 18.5 Å². The standard InChI is InChI=1S/C25H27N7O2S/c26-12-18-21(15-6-7-15)19(13-27)25(35-22(23(29)34)16-4-2-1-3-5-16)31-24(18)32-10-8-17(9-11-32)30-14-20(28)33/h1-5,15,17,22,30H,6-11,14H2,(H2,28,33)(H2,29,34). The lowest BCUT2D eigenvalue weighted by molar-refractivity contribution is -0.118. The molecule has 2 heterocycles. The SMILES string of the molecule is N#Cc1c(SC(C(N)=O)c2ccccc2)nc(N2CCC(NCC(N)=O)CC2)c(C#N)c1C1CC1. The van der Waals surface area contributed by atoms with E-state index in [2.05, 4.69) is 22.4 Å². The third kappa shape index (κ3) is 5.56. The fourth-order valence-electron chi connectivity index (χ4n) is 4.45. The first kappa shape index (κ1) is 24.5. The zero-order chi connectivity index (χ0) is 24.9. The Morgan fingerprint density at radius 1 is 1.09 bits per heavy atom. The Balaban J connectivity index is 1.70. The van der Waals surface area contributed by atoms with Crippen molar-refractivity contribution in [2.24, 2.45) is 11.5 Å². The van der Waals surface area contributed by atoms with E-state index in [0.717, 1.165) is 48.6 Å². The molecule has 1 saturated carbocycles. The molecule has 0 radical (unpaired) electrons. The number of benzene rings is 1. The monoisotopic (exact) mass is 489 g/mol. The minimum absolute atomic E-state index is 0.129. The molecule has 0 bridgehead atoms. The van der Waals surface area contributed by atoms with Crippen molar-refractivity contribution in [3.63, 3.8) is 0 Å². The van der Waals surface area contributed by atoms with E-state index >= 15 is 0 Å². The number of aromatic nitrogens is 1. The number of pyridine rings is 1. The number of nitrogens with two attached hydrogens (primary N) is 2. The molecule has 1 unspecified atom stereocenters. The van der Waals surface area contributed by atoms with Gasteiger partial charge in [0.05, 0.1) is 17.7 Å². The number of nitrogens with zero attached hydrogens (tertiary/aromatic N) is 4. The van der Waals surface area contributed by atoms with Gasteiger partial charge in [0.15, 0.2) is 0 Å². The van der Waals surface area contributed by atoms with Gasteiger partial charge in [-0.1, -0.05) is 42.1 Å². The van der Waals surface area contributed by atoms with Crippen molar-refractivity contribution in [3.05, 3.63) is 52.6 Å². The Hall–Kier alpha value is -3.60. The fraction of sp³-hybridized carbons (Fsp3) is 0.400. The summed E-state index contributed by atoms with van der Waals surface area (Å²) < 4.78 is 0. The quantitative estimate of drug-likeness (QED) is 0.451. The molecule has 1 aliphatic carbocycles. The van der Waals surface area contributed by atoms with E-state index in [1.165, 1.54) is 0 Å². The van der Waals surface area contributed by atoms with Crippen LogP contribution in [0.15, 0.2) is 35.4 Å². The molecule has 5 N–H and O–H groups in total. The average molecular weight is 490 g/mol. The van der Waals surface area contributed by atoms with Crippen molar-refractivity contribution in [1.82, 2.24) is 10.3 Å². The number of thioether (sulfide) groups is 1. The van der Waals surface area contributed by atoms with E-state index in [0.29, 0.717) is 35.1 Å². The van der Waals surface area contributed by atoms with E-state index in [1.54, 1.807) is 0 Å². The molecule has 1 aromatic heterocycles. The third-order valence-electron chi connectivity index (χ3n) is 6.34. The van der Waals surface area contributed by atoms with Gasteiger partial charge in [-0.2, -0.15) is 10.5 Å². The summed E-state index contributed by atoms with van der Waals surface area (Å²) in [5, 5.41) is 23.0.